The van der Waals surface area contributed by atoms with Crippen molar-refractivity contribution >= 4 is 11.0 Å². The molecule has 0 bridgehead atoms. The topological polar surface area (TPSA) is 50.8 Å². The SMILES string of the molecule is COc1cc(C)nc2[nH]nc(C3CCC3)c12. The molecule has 2 heterocycles. The van der Waals surface area contributed by atoms with Crippen LogP contribution in [0.3, 0.4) is 0 Å². The Morgan fingerprint density at radius 3 is 2.88 bits per heavy atom. The second kappa shape index (κ2) is 3.47. The number of pyridine rings is 1. The van der Waals surface area contributed by atoms with Crippen molar-refractivity contribution in [2.75, 3.05) is 7.11 Å². The summed E-state index contributed by atoms with van der Waals surface area (Å²) < 4.78 is 5.43. The van der Waals surface area contributed by atoms with Gasteiger partial charge in [0.25, 0.3) is 0 Å². The number of fused-ring (bicyclic) bond motifs is 1. The van der Waals surface area contributed by atoms with Gasteiger partial charge in [0.05, 0.1) is 18.2 Å². The molecular formula is C12H15N3O. The number of hydrogen-bond donors (Lipinski definition) is 1. The van der Waals surface area contributed by atoms with Gasteiger partial charge in [-0.1, -0.05) is 6.42 Å². The summed E-state index contributed by atoms with van der Waals surface area (Å²) in [6.07, 6.45) is 3.77. The highest BCUT2D eigenvalue weighted by molar-refractivity contribution is 5.85. The number of ether oxygens (including phenoxy) is 1. The van der Waals surface area contributed by atoms with E-state index in [1.165, 1.54) is 19.3 Å². The molecule has 2 aromatic heterocycles. The fourth-order valence-corrected chi connectivity index (χ4v) is 2.28. The lowest BCUT2D eigenvalue weighted by atomic mass is 9.82. The smallest absolute Gasteiger partial charge is 0.159 e. The van der Waals surface area contributed by atoms with Crippen LogP contribution in [-0.2, 0) is 0 Å². The zero-order valence-corrected chi connectivity index (χ0v) is 9.58. The highest BCUT2D eigenvalue weighted by atomic mass is 16.5. The van der Waals surface area contributed by atoms with Gasteiger partial charge in [-0.15, -0.1) is 0 Å². The van der Waals surface area contributed by atoms with E-state index in [0.717, 1.165) is 28.2 Å². The molecule has 84 valence electrons. The van der Waals surface area contributed by atoms with Crippen molar-refractivity contribution < 1.29 is 4.74 Å². The second-order valence-electron chi connectivity index (χ2n) is 4.43. The largest absolute Gasteiger partial charge is 0.496 e. The van der Waals surface area contributed by atoms with E-state index in [9.17, 15) is 0 Å². The van der Waals surface area contributed by atoms with Gasteiger partial charge in [-0.25, -0.2) is 4.98 Å². The Kier molecular flexibility index (Phi) is 2.09. The first-order valence-electron chi connectivity index (χ1n) is 5.69. The lowest BCUT2D eigenvalue weighted by molar-refractivity contribution is 0.405. The van der Waals surface area contributed by atoms with Crippen molar-refractivity contribution in [1.82, 2.24) is 15.2 Å². The Morgan fingerprint density at radius 1 is 1.44 bits per heavy atom. The molecule has 3 rings (SSSR count). The van der Waals surface area contributed by atoms with Crippen molar-refractivity contribution in [1.29, 1.82) is 0 Å². The molecule has 1 fully saturated rings. The van der Waals surface area contributed by atoms with E-state index in [1.54, 1.807) is 7.11 Å². The normalized spacial score (nSPS) is 16.4. The van der Waals surface area contributed by atoms with Gasteiger partial charge in [0.2, 0.25) is 0 Å². The fraction of sp³-hybridized carbons (Fsp3) is 0.500. The minimum absolute atomic E-state index is 0.590. The van der Waals surface area contributed by atoms with Gasteiger partial charge >= 0.3 is 0 Å². The number of nitrogens with zero attached hydrogens (tertiary/aromatic N) is 2. The molecule has 0 amide bonds. The van der Waals surface area contributed by atoms with E-state index in [4.69, 9.17) is 4.74 Å². The highest BCUT2D eigenvalue weighted by Crippen LogP contribution is 2.40. The zero-order chi connectivity index (χ0) is 11.1. The van der Waals surface area contributed by atoms with Gasteiger partial charge in [-0.2, -0.15) is 5.10 Å². The average molecular weight is 217 g/mol. The molecule has 4 heteroatoms. The highest BCUT2D eigenvalue weighted by Gasteiger charge is 2.26. The molecule has 0 atom stereocenters. The summed E-state index contributed by atoms with van der Waals surface area (Å²) >= 11 is 0. The minimum Gasteiger partial charge on any atom is -0.496 e. The molecule has 0 saturated heterocycles. The van der Waals surface area contributed by atoms with Crippen LogP contribution in [0.15, 0.2) is 6.07 Å². The monoisotopic (exact) mass is 217 g/mol. The maximum absolute atomic E-state index is 5.43. The van der Waals surface area contributed by atoms with Crippen molar-refractivity contribution in [3.8, 4) is 5.75 Å². The van der Waals surface area contributed by atoms with Crippen LogP contribution in [0.4, 0.5) is 0 Å². The Hall–Kier alpha value is -1.58. The summed E-state index contributed by atoms with van der Waals surface area (Å²) in [7, 11) is 1.70. The summed E-state index contributed by atoms with van der Waals surface area (Å²) in [6.45, 7) is 1.96. The predicted molar refractivity (Wildman–Crippen MR) is 61.8 cm³/mol. The molecule has 0 unspecified atom stereocenters. The summed E-state index contributed by atoms with van der Waals surface area (Å²) in [5.74, 6) is 1.48. The van der Waals surface area contributed by atoms with Crippen LogP contribution in [0.5, 0.6) is 5.75 Å². The number of aromatic nitrogens is 3. The number of methoxy groups -OCH3 is 1. The first-order valence-corrected chi connectivity index (χ1v) is 5.69. The molecule has 0 aliphatic heterocycles. The minimum atomic E-state index is 0.590. The van der Waals surface area contributed by atoms with Gasteiger partial charge in [0, 0.05) is 17.7 Å². The fourth-order valence-electron chi connectivity index (χ4n) is 2.28. The van der Waals surface area contributed by atoms with Crippen LogP contribution in [0.1, 0.15) is 36.6 Å². The maximum atomic E-state index is 5.43. The summed E-state index contributed by atoms with van der Waals surface area (Å²) in [6, 6.07) is 1.97. The van der Waals surface area contributed by atoms with E-state index in [2.05, 4.69) is 15.2 Å². The molecule has 0 radical (unpaired) electrons. The van der Waals surface area contributed by atoms with E-state index in [1.807, 2.05) is 13.0 Å². The van der Waals surface area contributed by atoms with Crippen LogP contribution in [0.25, 0.3) is 11.0 Å². The van der Waals surface area contributed by atoms with Gasteiger partial charge in [0.1, 0.15) is 5.75 Å². The number of H-pyrrole nitrogens is 1. The van der Waals surface area contributed by atoms with Crippen LogP contribution >= 0.6 is 0 Å². The lowest BCUT2D eigenvalue weighted by Gasteiger charge is -2.23. The molecule has 1 aliphatic carbocycles. The Labute approximate surface area is 94.0 Å². The number of nitrogens with one attached hydrogen (secondary N) is 1. The molecule has 16 heavy (non-hydrogen) atoms. The van der Waals surface area contributed by atoms with Gasteiger partial charge in [-0.3, -0.25) is 5.10 Å². The maximum Gasteiger partial charge on any atom is 0.159 e. The summed E-state index contributed by atoms with van der Waals surface area (Å²) in [5.41, 5.74) is 2.93. The molecule has 4 nitrogen and oxygen atoms in total. The van der Waals surface area contributed by atoms with Gasteiger partial charge in [-0.05, 0) is 19.8 Å². The van der Waals surface area contributed by atoms with E-state index >= 15 is 0 Å². The van der Waals surface area contributed by atoms with Gasteiger partial charge in [0.15, 0.2) is 5.65 Å². The first kappa shape index (κ1) is 9.63. The average Bonchev–Trinajstić information content (AvgIpc) is 2.58. The Morgan fingerprint density at radius 2 is 2.25 bits per heavy atom. The third-order valence-electron chi connectivity index (χ3n) is 3.36. The number of aromatic amines is 1. The molecule has 2 aromatic rings. The molecule has 1 aliphatic rings. The van der Waals surface area contributed by atoms with E-state index < -0.39 is 0 Å². The van der Waals surface area contributed by atoms with E-state index in [0.29, 0.717) is 5.92 Å². The molecular weight excluding hydrogens is 202 g/mol. The third kappa shape index (κ3) is 1.29. The molecule has 1 N–H and O–H groups in total. The number of aryl methyl sites for hydroxylation is 1. The van der Waals surface area contributed by atoms with Crippen LogP contribution < -0.4 is 4.74 Å². The van der Waals surface area contributed by atoms with Crippen molar-refractivity contribution in [2.24, 2.45) is 0 Å². The second-order valence-corrected chi connectivity index (χ2v) is 4.43. The van der Waals surface area contributed by atoms with Crippen LogP contribution in [0.2, 0.25) is 0 Å². The number of rotatable bonds is 2. The predicted octanol–water partition coefficient (Wildman–Crippen LogP) is 2.54. The van der Waals surface area contributed by atoms with Crippen LogP contribution in [-0.4, -0.2) is 22.3 Å². The lowest BCUT2D eigenvalue weighted by Crippen LogP contribution is -2.09. The van der Waals surface area contributed by atoms with Crippen molar-refractivity contribution in [2.45, 2.75) is 32.1 Å². The summed E-state index contributed by atoms with van der Waals surface area (Å²) in [4.78, 5) is 4.45. The Bertz CT molecular complexity index is 528. The standard InChI is InChI=1S/C12H15N3O/c1-7-6-9(16-2)10-11(8-4-3-5-8)14-15-12(10)13-7/h6,8H,3-5H2,1-2H3,(H,13,14,15). The van der Waals surface area contributed by atoms with Gasteiger partial charge < -0.3 is 4.74 Å². The quantitative estimate of drug-likeness (QED) is 0.841. The first-order chi connectivity index (χ1) is 7.79. The molecule has 0 aromatic carbocycles. The van der Waals surface area contributed by atoms with E-state index in [-0.39, 0.29) is 0 Å². The van der Waals surface area contributed by atoms with Crippen molar-refractivity contribution in [3.05, 3.63) is 17.5 Å². The zero-order valence-electron chi connectivity index (χ0n) is 9.58. The molecule has 0 spiro atoms. The van der Waals surface area contributed by atoms with Crippen LogP contribution in [0, 0.1) is 6.92 Å². The Balaban J connectivity index is 2.22. The molecule has 1 saturated carbocycles. The summed E-state index contributed by atoms with van der Waals surface area (Å²) in [5, 5.41) is 8.48. The third-order valence-corrected chi connectivity index (χ3v) is 3.36. The van der Waals surface area contributed by atoms with Crippen molar-refractivity contribution in [3.63, 3.8) is 0 Å². The number of hydrogen-bond acceptors (Lipinski definition) is 3.